The molecule has 3 nitrogen and oxygen atoms in total. The van der Waals surface area contributed by atoms with Crippen LogP contribution >= 0.6 is 11.6 Å². The summed E-state index contributed by atoms with van der Waals surface area (Å²) < 4.78 is 25.0. The van der Waals surface area contributed by atoms with Crippen molar-refractivity contribution in [3.05, 3.63) is 12.2 Å². The number of alkyl halides is 1. The topological polar surface area (TPSA) is 46.2 Å². The normalized spacial score (nSPS) is 18.2. The van der Waals surface area contributed by atoms with Gasteiger partial charge < -0.3 is 0 Å². The number of hydrogen-bond acceptors (Lipinski definition) is 2. The Morgan fingerprint density at radius 1 is 1.38 bits per heavy atom. The van der Waals surface area contributed by atoms with Crippen LogP contribution in [0.1, 0.15) is 12.8 Å². The Hall–Kier alpha value is -0.0600. The SMILES string of the molecule is O=S(=O)(CC1CC1)NC/C=C/CCl. The minimum Gasteiger partial charge on any atom is -0.212 e. The Morgan fingerprint density at radius 2 is 2.08 bits per heavy atom. The molecule has 0 amide bonds. The van der Waals surface area contributed by atoms with Crippen LogP contribution in [0.15, 0.2) is 12.2 Å². The zero-order valence-corrected chi connectivity index (χ0v) is 8.94. The Balaban J connectivity index is 2.21. The first-order valence-electron chi connectivity index (χ1n) is 4.32. The fourth-order valence-corrected chi connectivity index (χ4v) is 2.52. The molecule has 5 heteroatoms. The molecule has 1 N–H and O–H groups in total. The number of nitrogens with one attached hydrogen (secondary N) is 1. The first-order valence-corrected chi connectivity index (χ1v) is 6.51. The second-order valence-corrected chi connectivity index (χ2v) is 5.36. The second kappa shape index (κ2) is 4.98. The van der Waals surface area contributed by atoms with Crippen molar-refractivity contribution < 1.29 is 8.42 Å². The lowest BCUT2D eigenvalue weighted by molar-refractivity contribution is 0.581. The molecule has 0 heterocycles. The van der Waals surface area contributed by atoms with Crippen LogP contribution in [-0.2, 0) is 10.0 Å². The monoisotopic (exact) mass is 223 g/mol. The molecular weight excluding hydrogens is 210 g/mol. The molecule has 1 aliphatic rings. The van der Waals surface area contributed by atoms with Crippen molar-refractivity contribution >= 4 is 21.6 Å². The van der Waals surface area contributed by atoms with Crippen LogP contribution in [0.4, 0.5) is 0 Å². The fourth-order valence-electron chi connectivity index (χ4n) is 0.975. The number of rotatable bonds is 6. The third-order valence-electron chi connectivity index (χ3n) is 1.83. The van der Waals surface area contributed by atoms with Crippen LogP contribution in [-0.4, -0.2) is 26.6 Å². The van der Waals surface area contributed by atoms with Crippen LogP contribution in [0.5, 0.6) is 0 Å². The summed E-state index contributed by atoms with van der Waals surface area (Å²) >= 11 is 5.38. The van der Waals surface area contributed by atoms with Crippen molar-refractivity contribution in [2.24, 2.45) is 5.92 Å². The third kappa shape index (κ3) is 5.29. The summed E-state index contributed by atoms with van der Waals surface area (Å²) in [4.78, 5) is 0. The van der Waals surface area contributed by atoms with Crippen molar-refractivity contribution in [3.63, 3.8) is 0 Å². The van der Waals surface area contributed by atoms with Crippen molar-refractivity contribution in [3.8, 4) is 0 Å². The maximum Gasteiger partial charge on any atom is 0.212 e. The van der Waals surface area contributed by atoms with Crippen molar-refractivity contribution in [2.75, 3.05) is 18.2 Å². The molecule has 0 aromatic heterocycles. The summed E-state index contributed by atoms with van der Waals surface area (Å²) in [7, 11) is -3.04. The quantitative estimate of drug-likeness (QED) is 0.542. The van der Waals surface area contributed by atoms with Gasteiger partial charge in [0.25, 0.3) is 0 Å². The van der Waals surface area contributed by atoms with Crippen LogP contribution in [0, 0.1) is 5.92 Å². The van der Waals surface area contributed by atoms with Gasteiger partial charge in [-0.25, -0.2) is 13.1 Å². The van der Waals surface area contributed by atoms with E-state index in [-0.39, 0.29) is 5.75 Å². The Morgan fingerprint density at radius 3 is 2.62 bits per heavy atom. The maximum absolute atomic E-state index is 11.3. The largest absolute Gasteiger partial charge is 0.212 e. The molecule has 13 heavy (non-hydrogen) atoms. The number of halogens is 1. The Labute approximate surface area is 84.2 Å². The smallest absolute Gasteiger partial charge is 0.212 e. The summed E-state index contributed by atoms with van der Waals surface area (Å²) in [6, 6.07) is 0. The molecule has 1 rings (SSSR count). The summed E-state index contributed by atoms with van der Waals surface area (Å²) in [5.74, 6) is 1.10. The van der Waals surface area contributed by atoms with Crippen LogP contribution < -0.4 is 4.72 Å². The molecule has 1 aliphatic carbocycles. The van der Waals surface area contributed by atoms with E-state index in [1.54, 1.807) is 12.2 Å². The van der Waals surface area contributed by atoms with E-state index < -0.39 is 10.0 Å². The number of allylic oxidation sites excluding steroid dienone is 1. The van der Waals surface area contributed by atoms with Crippen molar-refractivity contribution in [1.82, 2.24) is 4.72 Å². The number of hydrogen-bond donors (Lipinski definition) is 1. The average molecular weight is 224 g/mol. The summed E-state index contributed by atoms with van der Waals surface area (Å²) in [5.41, 5.74) is 0. The summed E-state index contributed by atoms with van der Waals surface area (Å²) in [6.45, 7) is 0.349. The highest BCUT2D eigenvalue weighted by atomic mass is 35.5. The first kappa shape index (κ1) is 11.0. The van der Waals surface area contributed by atoms with E-state index in [4.69, 9.17) is 11.6 Å². The van der Waals surface area contributed by atoms with Gasteiger partial charge in [-0.3, -0.25) is 0 Å². The van der Waals surface area contributed by atoms with Gasteiger partial charge in [-0.2, -0.15) is 0 Å². The molecule has 0 unspecified atom stereocenters. The van der Waals surface area contributed by atoms with Gasteiger partial charge in [0.1, 0.15) is 0 Å². The van der Waals surface area contributed by atoms with Gasteiger partial charge in [-0.05, 0) is 18.8 Å². The van der Waals surface area contributed by atoms with E-state index in [1.807, 2.05) is 0 Å². The van der Waals surface area contributed by atoms with Gasteiger partial charge in [0, 0.05) is 12.4 Å². The minimum atomic E-state index is -3.04. The standard InChI is InChI=1S/C8H14ClNO2S/c9-5-1-2-6-10-13(11,12)7-8-3-4-8/h1-2,8,10H,3-7H2/b2-1+. The summed E-state index contributed by atoms with van der Waals surface area (Å²) in [6.07, 6.45) is 5.55. The van der Waals surface area contributed by atoms with E-state index in [1.165, 1.54) is 0 Å². The molecular formula is C8H14ClNO2S. The Kier molecular flexibility index (Phi) is 4.22. The van der Waals surface area contributed by atoms with E-state index in [0.29, 0.717) is 18.3 Å². The molecule has 0 saturated heterocycles. The maximum atomic E-state index is 11.3. The molecule has 0 bridgehead atoms. The van der Waals surface area contributed by atoms with Gasteiger partial charge in [0.05, 0.1) is 5.75 Å². The molecule has 0 spiro atoms. The van der Waals surface area contributed by atoms with E-state index in [9.17, 15) is 8.42 Å². The predicted octanol–water partition coefficient (Wildman–Crippen LogP) is 1.11. The molecule has 0 aromatic rings. The Bertz CT molecular complexity index is 270. The van der Waals surface area contributed by atoms with E-state index in [2.05, 4.69) is 4.72 Å². The molecule has 1 fully saturated rings. The average Bonchev–Trinajstić information content (AvgIpc) is 2.81. The number of sulfonamides is 1. The molecule has 0 atom stereocenters. The fraction of sp³-hybridized carbons (Fsp3) is 0.750. The van der Waals surface area contributed by atoms with Gasteiger partial charge in [0.15, 0.2) is 0 Å². The highest BCUT2D eigenvalue weighted by Gasteiger charge is 2.27. The molecule has 1 saturated carbocycles. The lowest BCUT2D eigenvalue weighted by Crippen LogP contribution is -2.27. The van der Waals surface area contributed by atoms with Crippen LogP contribution in [0.2, 0.25) is 0 Å². The second-order valence-electron chi connectivity index (χ2n) is 3.20. The minimum absolute atomic E-state index is 0.279. The van der Waals surface area contributed by atoms with Gasteiger partial charge in [-0.1, -0.05) is 12.2 Å². The highest BCUT2D eigenvalue weighted by Crippen LogP contribution is 2.29. The summed E-state index contributed by atoms with van der Waals surface area (Å²) in [5, 5.41) is 0. The van der Waals surface area contributed by atoms with Gasteiger partial charge in [0.2, 0.25) is 10.0 Å². The van der Waals surface area contributed by atoms with E-state index >= 15 is 0 Å². The van der Waals surface area contributed by atoms with E-state index in [0.717, 1.165) is 12.8 Å². The van der Waals surface area contributed by atoms with Crippen LogP contribution in [0.25, 0.3) is 0 Å². The molecule has 0 aromatic carbocycles. The molecule has 76 valence electrons. The third-order valence-corrected chi connectivity index (χ3v) is 3.52. The molecule has 0 radical (unpaired) electrons. The lowest BCUT2D eigenvalue weighted by Gasteiger charge is -2.01. The van der Waals surface area contributed by atoms with Crippen molar-refractivity contribution in [2.45, 2.75) is 12.8 Å². The van der Waals surface area contributed by atoms with Gasteiger partial charge >= 0.3 is 0 Å². The highest BCUT2D eigenvalue weighted by molar-refractivity contribution is 7.89. The predicted molar refractivity (Wildman–Crippen MR) is 54.4 cm³/mol. The zero-order chi connectivity index (χ0) is 9.73. The first-order chi connectivity index (χ1) is 6.14. The zero-order valence-electron chi connectivity index (χ0n) is 7.37. The lowest BCUT2D eigenvalue weighted by atomic mass is 10.5. The molecule has 0 aliphatic heterocycles. The van der Waals surface area contributed by atoms with Crippen molar-refractivity contribution in [1.29, 1.82) is 0 Å². The van der Waals surface area contributed by atoms with Crippen LogP contribution in [0.3, 0.4) is 0 Å². The van der Waals surface area contributed by atoms with Gasteiger partial charge in [-0.15, -0.1) is 11.6 Å².